The molecular formula is C12H13FN2O5. The van der Waals surface area contributed by atoms with Crippen molar-refractivity contribution in [3.05, 3.63) is 39.7 Å². The van der Waals surface area contributed by atoms with E-state index in [0.29, 0.717) is 0 Å². The Labute approximate surface area is 113 Å². The number of carbonyl (C=O) groups excluding carboxylic acids is 1. The highest BCUT2D eigenvalue weighted by atomic mass is 19.1. The summed E-state index contributed by atoms with van der Waals surface area (Å²) >= 11 is 0. The van der Waals surface area contributed by atoms with Gasteiger partial charge in [0.1, 0.15) is 11.9 Å². The van der Waals surface area contributed by atoms with Gasteiger partial charge in [0.2, 0.25) is 0 Å². The number of hydrogen-bond acceptors (Lipinski definition) is 4. The van der Waals surface area contributed by atoms with Crippen molar-refractivity contribution in [3.63, 3.8) is 0 Å². The lowest BCUT2D eigenvalue weighted by Crippen LogP contribution is -2.44. The zero-order chi connectivity index (χ0) is 15.4. The summed E-state index contributed by atoms with van der Waals surface area (Å²) in [5.74, 6) is -3.65. The molecule has 0 spiro atoms. The number of benzene rings is 1. The standard InChI is InChI=1S/C12H13FN2O5/c1-6(2)10(12(17)18)14-11(16)8-5-7(15(19)20)3-4-9(8)13/h3-6,10H,1-2H3,(H,14,16)(H,17,18)/t10-/m0/s1. The van der Waals surface area contributed by atoms with Gasteiger partial charge in [-0.15, -0.1) is 0 Å². The van der Waals surface area contributed by atoms with Gasteiger partial charge in [0.25, 0.3) is 11.6 Å². The molecule has 0 aliphatic heterocycles. The molecule has 0 aromatic heterocycles. The molecule has 20 heavy (non-hydrogen) atoms. The molecule has 0 radical (unpaired) electrons. The van der Waals surface area contributed by atoms with E-state index in [1.54, 1.807) is 13.8 Å². The van der Waals surface area contributed by atoms with Crippen molar-refractivity contribution in [1.29, 1.82) is 0 Å². The molecule has 0 aliphatic rings. The Bertz CT molecular complexity index is 559. The van der Waals surface area contributed by atoms with Gasteiger partial charge in [0.05, 0.1) is 10.5 Å². The summed E-state index contributed by atoms with van der Waals surface area (Å²) in [4.78, 5) is 32.6. The Kier molecular flexibility index (Phi) is 4.73. The van der Waals surface area contributed by atoms with Crippen LogP contribution in [-0.2, 0) is 4.79 Å². The van der Waals surface area contributed by atoms with Crippen LogP contribution in [0.4, 0.5) is 10.1 Å². The molecule has 0 fully saturated rings. The van der Waals surface area contributed by atoms with Gasteiger partial charge < -0.3 is 10.4 Å². The summed E-state index contributed by atoms with van der Waals surface area (Å²) in [6, 6.07) is 1.27. The number of nitrogens with one attached hydrogen (secondary N) is 1. The molecule has 7 nitrogen and oxygen atoms in total. The van der Waals surface area contributed by atoms with Gasteiger partial charge >= 0.3 is 5.97 Å². The quantitative estimate of drug-likeness (QED) is 0.630. The number of hydrogen-bond donors (Lipinski definition) is 2. The van der Waals surface area contributed by atoms with Crippen LogP contribution in [0.2, 0.25) is 0 Å². The molecule has 0 aliphatic carbocycles. The molecule has 0 bridgehead atoms. The summed E-state index contributed by atoms with van der Waals surface area (Å²) in [6.07, 6.45) is 0. The molecule has 0 unspecified atom stereocenters. The lowest BCUT2D eigenvalue weighted by molar-refractivity contribution is -0.384. The second-order valence-electron chi connectivity index (χ2n) is 4.45. The second-order valence-corrected chi connectivity index (χ2v) is 4.45. The van der Waals surface area contributed by atoms with Crippen molar-refractivity contribution in [2.75, 3.05) is 0 Å². The van der Waals surface area contributed by atoms with Crippen LogP contribution in [0.15, 0.2) is 18.2 Å². The Balaban J connectivity index is 3.05. The number of halogens is 1. The fourth-order valence-electron chi connectivity index (χ4n) is 1.53. The summed E-state index contributed by atoms with van der Waals surface area (Å²) in [7, 11) is 0. The van der Waals surface area contributed by atoms with E-state index in [2.05, 4.69) is 5.32 Å². The van der Waals surface area contributed by atoms with E-state index in [4.69, 9.17) is 5.11 Å². The predicted molar refractivity (Wildman–Crippen MR) is 66.8 cm³/mol. The average molecular weight is 284 g/mol. The summed E-state index contributed by atoms with van der Waals surface area (Å²) in [5, 5.41) is 21.7. The van der Waals surface area contributed by atoms with Crippen LogP contribution >= 0.6 is 0 Å². The number of rotatable bonds is 5. The van der Waals surface area contributed by atoms with Crippen LogP contribution in [0, 0.1) is 21.8 Å². The molecular weight excluding hydrogens is 271 g/mol. The van der Waals surface area contributed by atoms with Crippen LogP contribution in [0.1, 0.15) is 24.2 Å². The van der Waals surface area contributed by atoms with E-state index in [1.165, 1.54) is 0 Å². The van der Waals surface area contributed by atoms with Gasteiger partial charge in [-0.1, -0.05) is 13.8 Å². The number of non-ortho nitro benzene ring substituents is 1. The Morgan fingerprint density at radius 1 is 1.40 bits per heavy atom. The minimum absolute atomic E-state index is 0.418. The Hall–Kier alpha value is -2.51. The number of carboxylic acid groups (broad SMARTS) is 1. The van der Waals surface area contributed by atoms with Crippen molar-refractivity contribution < 1.29 is 24.0 Å². The van der Waals surface area contributed by atoms with Gasteiger partial charge in [0.15, 0.2) is 0 Å². The number of nitro groups is 1. The van der Waals surface area contributed by atoms with Crippen LogP contribution < -0.4 is 5.32 Å². The van der Waals surface area contributed by atoms with E-state index in [-0.39, 0.29) is 0 Å². The third-order valence-corrected chi connectivity index (χ3v) is 2.62. The predicted octanol–water partition coefficient (Wildman–Crippen LogP) is 1.57. The van der Waals surface area contributed by atoms with Crippen LogP contribution in [0.25, 0.3) is 0 Å². The first kappa shape index (κ1) is 15.5. The second kappa shape index (κ2) is 6.09. The molecule has 0 saturated carbocycles. The topological polar surface area (TPSA) is 110 Å². The van der Waals surface area contributed by atoms with Crippen LogP contribution in [0.5, 0.6) is 0 Å². The van der Waals surface area contributed by atoms with E-state index < -0.39 is 45.8 Å². The lowest BCUT2D eigenvalue weighted by atomic mass is 10.0. The van der Waals surface area contributed by atoms with Crippen molar-refractivity contribution >= 4 is 17.6 Å². The molecule has 1 atom stereocenters. The molecule has 0 heterocycles. The number of carbonyl (C=O) groups is 2. The first-order valence-corrected chi connectivity index (χ1v) is 5.71. The van der Waals surface area contributed by atoms with Crippen molar-refractivity contribution in [2.24, 2.45) is 5.92 Å². The van der Waals surface area contributed by atoms with Gasteiger partial charge in [0, 0.05) is 12.1 Å². The normalized spacial score (nSPS) is 12.0. The van der Waals surface area contributed by atoms with E-state index in [0.717, 1.165) is 18.2 Å². The highest BCUT2D eigenvalue weighted by Gasteiger charge is 2.26. The van der Waals surface area contributed by atoms with E-state index >= 15 is 0 Å². The molecule has 2 N–H and O–H groups in total. The van der Waals surface area contributed by atoms with E-state index in [1.807, 2.05) is 0 Å². The van der Waals surface area contributed by atoms with E-state index in [9.17, 15) is 24.1 Å². The molecule has 1 aromatic rings. The monoisotopic (exact) mass is 284 g/mol. The van der Waals surface area contributed by atoms with Gasteiger partial charge in [-0.2, -0.15) is 0 Å². The third kappa shape index (κ3) is 3.50. The third-order valence-electron chi connectivity index (χ3n) is 2.62. The summed E-state index contributed by atoms with van der Waals surface area (Å²) in [6.45, 7) is 3.14. The zero-order valence-corrected chi connectivity index (χ0v) is 10.8. The molecule has 0 saturated heterocycles. The number of nitrogens with zero attached hydrogens (tertiary/aromatic N) is 1. The van der Waals surface area contributed by atoms with Crippen LogP contribution in [-0.4, -0.2) is 27.9 Å². The van der Waals surface area contributed by atoms with Crippen molar-refractivity contribution in [3.8, 4) is 0 Å². The largest absolute Gasteiger partial charge is 0.480 e. The summed E-state index contributed by atoms with van der Waals surface area (Å²) in [5.41, 5.74) is -1.01. The maximum absolute atomic E-state index is 13.5. The number of amides is 1. The first-order valence-electron chi connectivity index (χ1n) is 5.71. The van der Waals surface area contributed by atoms with Crippen molar-refractivity contribution in [2.45, 2.75) is 19.9 Å². The van der Waals surface area contributed by atoms with Gasteiger partial charge in [-0.05, 0) is 12.0 Å². The molecule has 1 amide bonds. The fraction of sp³-hybridized carbons (Fsp3) is 0.333. The first-order chi connectivity index (χ1) is 9.23. The number of aliphatic carboxylic acids is 1. The molecule has 8 heteroatoms. The zero-order valence-electron chi connectivity index (χ0n) is 10.8. The number of nitro benzene ring substituents is 1. The van der Waals surface area contributed by atoms with Gasteiger partial charge in [-0.25, -0.2) is 9.18 Å². The minimum Gasteiger partial charge on any atom is -0.480 e. The minimum atomic E-state index is -1.26. The average Bonchev–Trinajstić information content (AvgIpc) is 2.34. The highest BCUT2D eigenvalue weighted by molar-refractivity contribution is 5.97. The maximum atomic E-state index is 13.5. The fourth-order valence-corrected chi connectivity index (χ4v) is 1.53. The molecule has 108 valence electrons. The summed E-state index contributed by atoms with van der Waals surface area (Å²) < 4.78 is 13.5. The SMILES string of the molecule is CC(C)[C@H](NC(=O)c1cc([N+](=O)[O-])ccc1F)C(=O)O. The smallest absolute Gasteiger partial charge is 0.326 e. The Morgan fingerprint density at radius 2 is 2.00 bits per heavy atom. The lowest BCUT2D eigenvalue weighted by Gasteiger charge is -2.17. The molecule has 1 rings (SSSR count). The Morgan fingerprint density at radius 3 is 2.45 bits per heavy atom. The highest BCUT2D eigenvalue weighted by Crippen LogP contribution is 2.17. The van der Waals surface area contributed by atoms with Crippen molar-refractivity contribution in [1.82, 2.24) is 5.32 Å². The van der Waals surface area contributed by atoms with Gasteiger partial charge in [-0.3, -0.25) is 14.9 Å². The molecule has 1 aromatic carbocycles. The maximum Gasteiger partial charge on any atom is 0.326 e. The number of carboxylic acids is 1. The van der Waals surface area contributed by atoms with Crippen LogP contribution in [0.3, 0.4) is 0 Å².